The first-order chi connectivity index (χ1) is 13.7. The standard InChI is InChI=1S/C19H18ClFN6O/c20-13-4-6-15(7-5-13)22-17-24-18(23-16-3-1-2-14(21)12-16)26-19(25-17)27-8-10-28-11-9-27/h1-7,12H,8-11H2,(H2,22,23,24,25,26). The Morgan fingerprint density at radius 2 is 1.57 bits per heavy atom. The SMILES string of the molecule is Fc1cccc(Nc2nc(Nc3ccc(Cl)cc3)nc(N3CCOCC3)n2)c1. The Labute approximate surface area is 166 Å². The molecule has 2 heterocycles. The van der Waals surface area contributed by atoms with Crippen LogP contribution in [-0.2, 0) is 4.74 Å². The highest BCUT2D eigenvalue weighted by molar-refractivity contribution is 6.30. The van der Waals surface area contributed by atoms with Crippen LogP contribution in [0.3, 0.4) is 0 Å². The van der Waals surface area contributed by atoms with Gasteiger partial charge in [0.2, 0.25) is 17.8 Å². The van der Waals surface area contributed by atoms with Crippen LogP contribution in [0.5, 0.6) is 0 Å². The maximum Gasteiger partial charge on any atom is 0.233 e. The molecule has 0 bridgehead atoms. The van der Waals surface area contributed by atoms with Gasteiger partial charge >= 0.3 is 0 Å². The number of hydrogen-bond acceptors (Lipinski definition) is 7. The molecular formula is C19H18ClFN6O. The van der Waals surface area contributed by atoms with Crippen molar-refractivity contribution in [2.24, 2.45) is 0 Å². The molecule has 9 heteroatoms. The first-order valence-electron chi connectivity index (χ1n) is 8.80. The second-order valence-electron chi connectivity index (χ2n) is 6.15. The van der Waals surface area contributed by atoms with Gasteiger partial charge in [-0.2, -0.15) is 15.0 Å². The van der Waals surface area contributed by atoms with Crippen LogP contribution in [-0.4, -0.2) is 41.3 Å². The molecule has 1 aliphatic heterocycles. The van der Waals surface area contributed by atoms with E-state index in [1.807, 2.05) is 17.0 Å². The molecule has 7 nitrogen and oxygen atoms in total. The summed E-state index contributed by atoms with van der Waals surface area (Å²) in [5.74, 6) is 0.872. The summed E-state index contributed by atoms with van der Waals surface area (Å²) < 4.78 is 18.9. The summed E-state index contributed by atoms with van der Waals surface area (Å²) in [6.07, 6.45) is 0. The van der Waals surface area contributed by atoms with Gasteiger partial charge in [0.1, 0.15) is 5.82 Å². The van der Waals surface area contributed by atoms with Gasteiger partial charge in [0.05, 0.1) is 13.2 Å². The fourth-order valence-corrected chi connectivity index (χ4v) is 2.86. The van der Waals surface area contributed by atoms with Crippen molar-refractivity contribution >= 4 is 40.8 Å². The predicted molar refractivity (Wildman–Crippen MR) is 107 cm³/mol. The Morgan fingerprint density at radius 1 is 0.893 bits per heavy atom. The first kappa shape index (κ1) is 18.4. The van der Waals surface area contributed by atoms with E-state index in [0.29, 0.717) is 54.9 Å². The number of hydrogen-bond donors (Lipinski definition) is 2. The third-order valence-corrected chi connectivity index (χ3v) is 4.35. The molecule has 1 saturated heterocycles. The van der Waals surface area contributed by atoms with Crippen LogP contribution >= 0.6 is 11.6 Å². The van der Waals surface area contributed by atoms with Gasteiger partial charge in [-0.05, 0) is 42.5 Å². The average Bonchev–Trinajstić information content (AvgIpc) is 2.70. The monoisotopic (exact) mass is 400 g/mol. The van der Waals surface area contributed by atoms with Gasteiger partial charge in [0.15, 0.2) is 0 Å². The normalized spacial score (nSPS) is 14.0. The molecule has 0 unspecified atom stereocenters. The van der Waals surface area contributed by atoms with E-state index in [-0.39, 0.29) is 5.82 Å². The van der Waals surface area contributed by atoms with Gasteiger partial charge in [-0.25, -0.2) is 4.39 Å². The number of halogens is 2. The third-order valence-electron chi connectivity index (χ3n) is 4.10. The maximum atomic E-state index is 13.5. The number of benzene rings is 2. The molecule has 0 amide bonds. The Hall–Kier alpha value is -2.97. The molecule has 0 aliphatic carbocycles. The largest absolute Gasteiger partial charge is 0.378 e. The lowest BCUT2D eigenvalue weighted by atomic mass is 10.3. The molecule has 0 atom stereocenters. The quantitative estimate of drug-likeness (QED) is 0.670. The van der Waals surface area contributed by atoms with Gasteiger partial charge in [0, 0.05) is 29.5 Å². The van der Waals surface area contributed by atoms with Crippen molar-refractivity contribution in [3.63, 3.8) is 0 Å². The fraction of sp³-hybridized carbons (Fsp3) is 0.211. The van der Waals surface area contributed by atoms with Crippen LogP contribution < -0.4 is 15.5 Å². The highest BCUT2D eigenvalue weighted by atomic mass is 35.5. The number of rotatable bonds is 5. The van der Waals surface area contributed by atoms with E-state index in [0.717, 1.165) is 5.69 Å². The molecule has 3 aromatic rings. The number of nitrogens with one attached hydrogen (secondary N) is 2. The van der Waals surface area contributed by atoms with Crippen LogP contribution in [0.1, 0.15) is 0 Å². The predicted octanol–water partition coefficient (Wildman–Crippen LogP) is 3.99. The van der Waals surface area contributed by atoms with Gasteiger partial charge < -0.3 is 20.3 Å². The van der Waals surface area contributed by atoms with Crippen LogP contribution in [0.15, 0.2) is 48.5 Å². The Bertz CT molecular complexity index is 949. The summed E-state index contributed by atoms with van der Waals surface area (Å²) in [6, 6.07) is 13.3. The molecular weight excluding hydrogens is 383 g/mol. The highest BCUT2D eigenvalue weighted by Gasteiger charge is 2.17. The van der Waals surface area contributed by atoms with E-state index in [1.54, 1.807) is 24.3 Å². The lowest BCUT2D eigenvalue weighted by Gasteiger charge is -2.27. The van der Waals surface area contributed by atoms with E-state index in [9.17, 15) is 4.39 Å². The van der Waals surface area contributed by atoms with Gasteiger partial charge in [-0.15, -0.1) is 0 Å². The number of ether oxygens (including phenoxy) is 1. The third kappa shape index (κ3) is 4.65. The zero-order valence-corrected chi connectivity index (χ0v) is 15.7. The molecule has 0 radical (unpaired) electrons. The van der Waals surface area contributed by atoms with Gasteiger partial charge in [-0.3, -0.25) is 0 Å². The summed E-state index contributed by atoms with van der Waals surface area (Å²) >= 11 is 5.94. The maximum absolute atomic E-state index is 13.5. The summed E-state index contributed by atoms with van der Waals surface area (Å²) in [6.45, 7) is 2.59. The minimum absolute atomic E-state index is 0.318. The van der Waals surface area contributed by atoms with Crippen molar-refractivity contribution in [1.82, 2.24) is 15.0 Å². The second-order valence-corrected chi connectivity index (χ2v) is 6.59. The van der Waals surface area contributed by atoms with Crippen LogP contribution in [0.2, 0.25) is 5.02 Å². The molecule has 28 heavy (non-hydrogen) atoms. The molecule has 2 N–H and O–H groups in total. The van der Waals surface area contributed by atoms with Crippen molar-refractivity contribution in [1.29, 1.82) is 0 Å². The summed E-state index contributed by atoms with van der Waals surface area (Å²) in [4.78, 5) is 15.5. The Morgan fingerprint density at radius 3 is 2.25 bits per heavy atom. The van der Waals surface area contributed by atoms with E-state index >= 15 is 0 Å². The Balaban J connectivity index is 1.64. The highest BCUT2D eigenvalue weighted by Crippen LogP contribution is 2.22. The minimum atomic E-state index is -0.341. The van der Waals surface area contributed by atoms with Crippen LogP contribution in [0.4, 0.5) is 33.6 Å². The number of anilines is 5. The lowest BCUT2D eigenvalue weighted by Crippen LogP contribution is -2.37. The van der Waals surface area contributed by atoms with Crippen molar-refractivity contribution < 1.29 is 9.13 Å². The summed E-state index contributed by atoms with van der Waals surface area (Å²) in [5, 5.41) is 6.84. The van der Waals surface area contributed by atoms with E-state index in [4.69, 9.17) is 16.3 Å². The fourth-order valence-electron chi connectivity index (χ4n) is 2.74. The molecule has 2 aromatic carbocycles. The zero-order chi connectivity index (χ0) is 19.3. The number of morpholine rings is 1. The molecule has 144 valence electrons. The number of nitrogens with zero attached hydrogens (tertiary/aromatic N) is 4. The van der Waals surface area contributed by atoms with Crippen molar-refractivity contribution in [2.45, 2.75) is 0 Å². The zero-order valence-electron chi connectivity index (χ0n) is 14.9. The smallest absolute Gasteiger partial charge is 0.233 e. The summed E-state index contributed by atoms with van der Waals surface area (Å²) in [5.41, 5.74) is 1.34. The van der Waals surface area contributed by atoms with Crippen LogP contribution in [0, 0.1) is 5.82 Å². The second kappa shape index (κ2) is 8.37. The molecule has 0 saturated carbocycles. The van der Waals surface area contributed by atoms with Gasteiger partial charge in [-0.1, -0.05) is 17.7 Å². The van der Waals surface area contributed by atoms with Crippen molar-refractivity contribution in [2.75, 3.05) is 41.8 Å². The lowest BCUT2D eigenvalue weighted by molar-refractivity contribution is 0.122. The first-order valence-corrected chi connectivity index (χ1v) is 9.17. The van der Waals surface area contributed by atoms with Gasteiger partial charge in [0.25, 0.3) is 0 Å². The van der Waals surface area contributed by atoms with Crippen LogP contribution in [0.25, 0.3) is 0 Å². The summed E-state index contributed by atoms with van der Waals surface area (Å²) in [7, 11) is 0. The van der Waals surface area contributed by atoms with Crippen molar-refractivity contribution in [3.8, 4) is 0 Å². The Kier molecular flexibility index (Phi) is 5.50. The van der Waals surface area contributed by atoms with E-state index < -0.39 is 0 Å². The van der Waals surface area contributed by atoms with E-state index in [2.05, 4.69) is 25.6 Å². The average molecular weight is 401 g/mol. The molecule has 1 aliphatic rings. The molecule has 1 aromatic heterocycles. The van der Waals surface area contributed by atoms with Crippen molar-refractivity contribution in [3.05, 3.63) is 59.4 Å². The molecule has 1 fully saturated rings. The minimum Gasteiger partial charge on any atom is -0.378 e. The molecule has 0 spiro atoms. The molecule has 4 rings (SSSR count). The van der Waals surface area contributed by atoms with E-state index in [1.165, 1.54) is 12.1 Å². The topological polar surface area (TPSA) is 75.2 Å². The number of aromatic nitrogens is 3.